The van der Waals surface area contributed by atoms with Crippen LogP contribution in [0.3, 0.4) is 0 Å². The Morgan fingerprint density at radius 3 is 2.39 bits per heavy atom. The number of nitrogens with two attached hydrogens (primary N) is 1. The van der Waals surface area contributed by atoms with Gasteiger partial charge < -0.3 is 15.5 Å². The molecule has 1 fully saturated rings. The summed E-state index contributed by atoms with van der Waals surface area (Å²) >= 11 is 0. The Kier molecular flexibility index (Phi) is 7.09. The lowest BCUT2D eigenvalue weighted by atomic mass is 10.1. The molecule has 4 heteroatoms. The van der Waals surface area contributed by atoms with E-state index in [4.69, 9.17) is 5.73 Å². The highest BCUT2D eigenvalue weighted by Crippen LogP contribution is 2.13. The van der Waals surface area contributed by atoms with E-state index in [1.165, 1.54) is 32.4 Å². The third-order valence-electron chi connectivity index (χ3n) is 3.92. The van der Waals surface area contributed by atoms with Crippen molar-refractivity contribution < 1.29 is 0 Å². The lowest BCUT2D eigenvalue weighted by Crippen LogP contribution is -2.39. The van der Waals surface area contributed by atoms with E-state index < -0.39 is 0 Å². The fourth-order valence-electron chi connectivity index (χ4n) is 2.56. The summed E-state index contributed by atoms with van der Waals surface area (Å²) in [4.78, 5) is 9.19. The van der Waals surface area contributed by atoms with E-state index in [0.717, 1.165) is 26.1 Å². The Morgan fingerprint density at radius 1 is 1.22 bits per heavy atom. The van der Waals surface area contributed by atoms with Gasteiger partial charge in [0, 0.05) is 25.7 Å². The van der Waals surface area contributed by atoms with Gasteiger partial charge in [-0.15, -0.1) is 0 Å². The zero-order valence-corrected chi connectivity index (χ0v) is 12.4. The highest BCUT2D eigenvalue weighted by molar-refractivity contribution is 5.77. The third-order valence-corrected chi connectivity index (χ3v) is 3.92. The molecule has 1 atom stereocenters. The van der Waals surface area contributed by atoms with Crippen molar-refractivity contribution >= 4 is 5.96 Å². The molecule has 0 bridgehead atoms. The number of aliphatic imine (C=N–C) groups is 1. The minimum atomic E-state index is 0.638. The molecule has 0 spiro atoms. The average molecular weight is 254 g/mol. The predicted octanol–water partition coefficient (Wildman–Crippen LogP) is 1.91. The summed E-state index contributed by atoms with van der Waals surface area (Å²) in [5.74, 6) is 0.700. The summed E-state index contributed by atoms with van der Waals surface area (Å²) in [5, 5.41) is 0. The largest absolute Gasteiger partial charge is 0.370 e. The van der Waals surface area contributed by atoms with Gasteiger partial charge in [0.15, 0.2) is 5.96 Å². The molecule has 1 heterocycles. The van der Waals surface area contributed by atoms with E-state index in [2.05, 4.69) is 35.6 Å². The molecule has 1 saturated heterocycles. The molecule has 1 aliphatic rings. The van der Waals surface area contributed by atoms with E-state index in [1.54, 1.807) is 0 Å². The van der Waals surface area contributed by atoms with E-state index in [1.807, 2.05) is 0 Å². The quantitative estimate of drug-likeness (QED) is 0.582. The van der Waals surface area contributed by atoms with Gasteiger partial charge in [-0.3, -0.25) is 4.99 Å². The first kappa shape index (κ1) is 15.3. The van der Waals surface area contributed by atoms with Gasteiger partial charge in [-0.25, -0.2) is 0 Å². The van der Waals surface area contributed by atoms with Crippen molar-refractivity contribution in [1.29, 1.82) is 0 Å². The molecule has 0 radical (unpaired) electrons. The molecule has 2 N–H and O–H groups in total. The topological polar surface area (TPSA) is 44.9 Å². The zero-order chi connectivity index (χ0) is 13.4. The molecular weight excluding hydrogens is 224 g/mol. The monoisotopic (exact) mass is 254 g/mol. The third kappa shape index (κ3) is 4.84. The normalized spacial score (nSPS) is 19.8. The molecule has 1 aliphatic heterocycles. The number of piperidine rings is 1. The van der Waals surface area contributed by atoms with Crippen molar-refractivity contribution in [3.05, 3.63) is 0 Å². The van der Waals surface area contributed by atoms with Crippen LogP contribution in [0.1, 0.15) is 46.5 Å². The Balaban J connectivity index is 2.28. The second-order valence-electron chi connectivity index (χ2n) is 5.15. The van der Waals surface area contributed by atoms with Crippen molar-refractivity contribution in [2.75, 3.05) is 32.7 Å². The van der Waals surface area contributed by atoms with Crippen molar-refractivity contribution in [1.82, 2.24) is 9.80 Å². The average Bonchev–Trinajstić information content (AvgIpc) is 2.41. The fraction of sp³-hybridized carbons (Fsp3) is 0.929. The number of rotatable bonds is 6. The highest BCUT2D eigenvalue weighted by Gasteiger charge is 2.15. The van der Waals surface area contributed by atoms with Gasteiger partial charge in [0.25, 0.3) is 0 Å². The number of nitrogens with zero attached hydrogens (tertiary/aromatic N) is 3. The molecule has 18 heavy (non-hydrogen) atoms. The van der Waals surface area contributed by atoms with Crippen LogP contribution in [0.25, 0.3) is 0 Å². The van der Waals surface area contributed by atoms with Gasteiger partial charge >= 0.3 is 0 Å². The molecule has 0 aromatic carbocycles. The van der Waals surface area contributed by atoms with Crippen LogP contribution < -0.4 is 5.73 Å². The number of hydrogen-bond donors (Lipinski definition) is 1. The summed E-state index contributed by atoms with van der Waals surface area (Å²) < 4.78 is 0. The first-order chi connectivity index (χ1) is 8.69. The summed E-state index contributed by atoms with van der Waals surface area (Å²) in [7, 11) is 0. The Bertz CT molecular complexity index is 242. The number of hydrogen-bond acceptors (Lipinski definition) is 2. The first-order valence-corrected chi connectivity index (χ1v) is 7.48. The van der Waals surface area contributed by atoms with Gasteiger partial charge in [-0.2, -0.15) is 0 Å². The standard InChI is InChI=1S/C14H30N4/c1-4-17(5-2)14(15)16-10-9-13(3)18-11-7-6-8-12-18/h13H,4-12H2,1-3H3,(H2,15,16). The molecular formula is C14H30N4. The van der Waals surface area contributed by atoms with Crippen LogP contribution in [0.4, 0.5) is 0 Å². The highest BCUT2D eigenvalue weighted by atomic mass is 15.2. The predicted molar refractivity (Wildman–Crippen MR) is 78.9 cm³/mol. The van der Waals surface area contributed by atoms with Gasteiger partial charge in [0.2, 0.25) is 0 Å². The Labute approximate surface area is 112 Å². The lowest BCUT2D eigenvalue weighted by Gasteiger charge is -2.32. The summed E-state index contributed by atoms with van der Waals surface area (Å²) in [6.07, 6.45) is 5.22. The molecule has 1 rings (SSSR count). The minimum Gasteiger partial charge on any atom is -0.370 e. The van der Waals surface area contributed by atoms with Crippen LogP contribution in [0.15, 0.2) is 4.99 Å². The van der Waals surface area contributed by atoms with Crippen molar-refractivity contribution in [3.63, 3.8) is 0 Å². The molecule has 0 aromatic heterocycles. The van der Waals surface area contributed by atoms with E-state index in [-0.39, 0.29) is 0 Å². The summed E-state index contributed by atoms with van der Waals surface area (Å²) in [6, 6.07) is 0.638. The molecule has 106 valence electrons. The molecule has 0 saturated carbocycles. The van der Waals surface area contributed by atoms with E-state index in [9.17, 15) is 0 Å². The summed E-state index contributed by atoms with van der Waals surface area (Å²) in [5.41, 5.74) is 5.97. The van der Waals surface area contributed by atoms with Crippen LogP contribution >= 0.6 is 0 Å². The maximum absolute atomic E-state index is 5.97. The van der Waals surface area contributed by atoms with Crippen LogP contribution in [0.5, 0.6) is 0 Å². The maximum Gasteiger partial charge on any atom is 0.191 e. The Hall–Kier alpha value is -0.770. The molecule has 0 amide bonds. The van der Waals surface area contributed by atoms with Crippen LogP contribution in [-0.4, -0.2) is 54.5 Å². The van der Waals surface area contributed by atoms with Crippen LogP contribution in [0.2, 0.25) is 0 Å². The van der Waals surface area contributed by atoms with Crippen LogP contribution in [0, 0.1) is 0 Å². The SMILES string of the molecule is CCN(CC)C(N)=NCCC(C)N1CCCCC1. The molecule has 0 aromatic rings. The smallest absolute Gasteiger partial charge is 0.191 e. The fourth-order valence-corrected chi connectivity index (χ4v) is 2.56. The Morgan fingerprint density at radius 2 is 1.83 bits per heavy atom. The molecule has 1 unspecified atom stereocenters. The van der Waals surface area contributed by atoms with Crippen LogP contribution in [-0.2, 0) is 0 Å². The van der Waals surface area contributed by atoms with Gasteiger partial charge in [-0.1, -0.05) is 6.42 Å². The minimum absolute atomic E-state index is 0.638. The molecule has 0 aliphatic carbocycles. The molecule has 4 nitrogen and oxygen atoms in total. The van der Waals surface area contributed by atoms with E-state index >= 15 is 0 Å². The van der Waals surface area contributed by atoms with E-state index in [0.29, 0.717) is 12.0 Å². The maximum atomic E-state index is 5.97. The van der Waals surface area contributed by atoms with Gasteiger partial charge in [0.1, 0.15) is 0 Å². The second kappa shape index (κ2) is 8.35. The second-order valence-corrected chi connectivity index (χ2v) is 5.15. The number of guanidine groups is 1. The van der Waals surface area contributed by atoms with Crippen molar-refractivity contribution in [2.24, 2.45) is 10.7 Å². The van der Waals surface area contributed by atoms with Gasteiger partial charge in [0.05, 0.1) is 0 Å². The van der Waals surface area contributed by atoms with Gasteiger partial charge in [-0.05, 0) is 53.1 Å². The van der Waals surface area contributed by atoms with Crippen molar-refractivity contribution in [2.45, 2.75) is 52.5 Å². The zero-order valence-electron chi connectivity index (χ0n) is 12.4. The number of likely N-dealkylation sites (tertiary alicyclic amines) is 1. The summed E-state index contributed by atoms with van der Waals surface area (Å²) in [6.45, 7) is 11.8. The first-order valence-electron chi connectivity index (χ1n) is 7.48. The lowest BCUT2D eigenvalue weighted by molar-refractivity contribution is 0.168. The van der Waals surface area contributed by atoms with Crippen molar-refractivity contribution in [3.8, 4) is 0 Å².